The third kappa shape index (κ3) is 2.18. The lowest BCUT2D eigenvalue weighted by Crippen LogP contribution is -2.11. The molecule has 24 heavy (non-hydrogen) atoms. The van der Waals surface area contributed by atoms with Crippen LogP contribution in [-0.4, -0.2) is 23.3 Å². The fourth-order valence-electron chi connectivity index (χ4n) is 2.50. The molecule has 0 spiro atoms. The molecule has 3 rings (SSSR count). The molecule has 124 valence electrons. The highest BCUT2D eigenvalue weighted by atomic mass is 35.5. The van der Waals surface area contributed by atoms with E-state index >= 15 is 0 Å². The number of halogens is 2. The van der Waals surface area contributed by atoms with Crippen molar-refractivity contribution in [1.29, 1.82) is 0 Å². The quantitative estimate of drug-likeness (QED) is 0.501. The average Bonchev–Trinajstić information content (AvgIpc) is 2.56. The number of phenols is 2. The molecule has 0 bridgehead atoms. The van der Waals surface area contributed by atoms with Gasteiger partial charge in [-0.15, -0.1) is 0 Å². The van der Waals surface area contributed by atoms with E-state index in [2.05, 4.69) is 4.74 Å². The summed E-state index contributed by atoms with van der Waals surface area (Å²) in [5.74, 6) is -1.63. The molecular formula is C16H10Cl2O6. The summed E-state index contributed by atoms with van der Waals surface area (Å²) in [7, 11) is 1.13. The monoisotopic (exact) mass is 368 g/mol. The van der Waals surface area contributed by atoms with E-state index in [1.54, 1.807) is 6.92 Å². The molecule has 8 heteroatoms. The minimum absolute atomic E-state index is 0.0507. The lowest BCUT2D eigenvalue weighted by atomic mass is 10.0. The summed E-state index contributed by atoms with van der Waals surface area (Å²) in [5, 5.41) is 19.6. The smallest absolute Gasteiger partial charge is 0.338 e. The third-order valence-electron chi connectivity index (χ3n) is 3.69. The standard InChI is InChI=1S/C16H10Cl2O6/c1-5-11(17)14(21)10-13(20)9-7(16(22)23-2)3-6(19)4-8(9)24-15(10)12(5)18/h3-4,19,21H,1-2H3. The van der Waals surface area contributed by atoms with Crippen LogP contribution in [0.25, 0.3) is 21.9 Å². The number of ether oxygens (including phenoxy) is 1. The van der Waals surface area contributed by atoms with E-state index < -0.39 is 17.1 Å². The predicted molar refractivity (Wildman–Crippen MR) is 89.4 cm³/mol. The normalized spacial score (nSPS) is 11.2. The Morgan fingerprint density at radius 3 is 2.46 bits per heavy atom. The van der Waals surface area contributed by atoms with E-state index in [1.807, 2.05) is 0 Å². The Morgan fingerprint density at radius 2 is 1.83 bits per heavy atom. The van der Waals surface area contributed by atoms with Crippen molar-refractivity contribution in [2.24, 2.45) is 0 Å². The van der Waals surface area contributed by atoms with Crippen LogP contribution >= 0.6 is 23.2 Å². The van der Waals surface area contributed by atoms with E-state index in [0.717, 1.165) is 13.2 Å². The first-order chi connectivity index (χ1) is 11.3. The first-order valence-corrected chi connectivity index (χ1v) is 7.41. The van der Waals surface area contributed by atoms with Crippen LogP contribution < -0.4 is 5.43 Å². The number of hydrogen-bond acceptors (Lipinski definition) is 6. The number of hydrogen-bond donors (Lipinski definition) is 2. The summed E-state index contributed by atoms with van der Waals surface area (Å²) in [6.45, 7) is 1.55. The largest absolute Gasteiger partial charge is 0.508 e. The number of aromatic hydroxyl groups is 2. The first kappa shape index (κ1) is 16.4. The van der Waals surface area contributed by atoms with Crippen molar-refractivity contribution in [1.82, 2.24) is 0 Å². The number of benzene rings is 2. The highest BCUT2D eigenvalue weighted by molar-refractivity contribution is 6.40. The van der Waals surface area contributed by atoms with Crippen molar-refractivity contribution in [3.63, 3.8) is 0 Å². The van der Waals surface area contributed by atoms with Gasteiger partial charge < -0.3 is 19.4 Å². The fraction of sp³-hybridized carbons (Fsp3) is 0.125. The minimum atomic E-state index is -0.841. The van der Waals surface area contributed by atoms with Gasteiger partial charge in [0, 0.05) is 6.07 Å². The van der Waals surface area contributed by atoms with Gasteiger partial charge in [0.1, 0.15) is 22.5 Å². The molecule has 3 aromatic rings. The van der Waals surface area contributed by atoms with Gasteiger partial charge in [-0.2, -0.15) is 0 Å². The Labute approximate surface area is 144 Å². The lowest BCUT2D eigenvalue weighted by Gasteiger charge is -2.11. The average molecular weight is 369 g/mol. The molecule has 0 unspecified atom stereocenters. The SMILES string of the molecule is COC(=O)c1cc(O)cc2oc3c(Cl)c(C)c(Cl)c(O)c3c(=O)c12. The van der Waals surface area contributed by atoms with Gasteiger partial charge in [-0.1, -0.05) is 23.2 Å². The molecular weight excluding hydrogens is 359 g/mol. The molecule has 0 fully saturated rings. The molecule has 0 aliphatic heterocycles. The maximum atomic E-state index is 12.9. The zero-order valence-corrected chi connectivity index (χ0v) is 13.9. The second-order valence-corrected chi connectivity index (χ2v) is 5.85. The topological polar surface area (TPSA) is 97.0 Å². The van der Waals surface area contributed by atoms with Gasteiger partial charge in [-0.05, 0) is 18.6 Å². The van der Waals surface area contributed by atoms with E-state index in [1.165, 1.54) is 6.07 Å². The van der Waals surface area contributed by atoms with Crippen LogP contribution in [-0.2, 0) is 4.74 Å². The molecule has 2 aromatic carbocycles. The fourth-order valence-corrected chi connectivity index (χ4v) is 2.96. The Hall–Kier alpha value is -2.44. The summed E-state index contributed by atoms with van der Waals surface area (Å²) in [6, 6.07) is 2.24. The summed E-state index contributed by atoms with van der Waals surface area (Å²) in [6.07, 6.45) is 0. The highest BCUT2D eigenvalue weighted by Crippen LogP contribution is 2.41. The second-order valence-electron chi connectivity index (χ2n) is 5.09. The van der Waals surface area contributed by atoms with Crippen LogP contribution in [0.4, 0.5) is 0 Å². The molecule has 1 aromatic heterocycles. The van der Waals surface area contributed by atoms with Crippen LogP contribution in [0.15, 0.2) is 21.3 Å². The van der Waals surface area contributed by atoms with Gasteiger partial charge in [0.05, 0.1) is 28.1 Å². The number of rotatable bonds is 1. The van der Waals surface area contributed by atoms with Gasteiger partial charge in [0.2, 0.25) is 5.43 Å². The van der Waals surface area contributed by atoms with Crippen LogP contribution in [0, 0.1) is 6.92 Å². The van der Waals surface area contributed by atoms with Gasteiger partial charge in [-0.3, -0.25) is 4.79 Å². The van der Waals surface area contributed by atoms with Gasteiger partial charge in [0.15, 0.2) is 5.58 Å². The van der Waals surface area contributed by atoms with E-state index in [4.69, 9.17) is 27.6 Å². The maximum absolute atomic E-state index is 12.9. The second kappa shape index (κ2) is 5.58. The molecule has 0 saturated heterocycles. The number of esters is 1. The predicted octanol–water partition coefficient (Wildman–Crippen LogP) is 3.76. The van der Waals surface area contributed by atoms with Gasteiger partial charge in [-0.25, -0.2) is 4.79 Å². The summed E-state index contributed by atoms with van der Waals surface area (Å²) >= 11 is 12.2. The molecule has 1 heterocycles. The lowest BCUT2D eigenvalue weighted by molar-refractivity contribution is 0.0602. The number of phenolic OH excluding ortho intramolecular Hbond substituents is 2. The number of carbonyl (C=O) groups is 1. The summed E-state index contributed by atoms with van der Waals surface area (Å²) in [4.78, 5) is 24.8. The molecule has 0 radical (unpaired) electrons. The van der Waals surface area contributed by atoms with Crippen LogP contribution in [0.5, 0.6) is 11.5 Å². The minimum Gasteiger partial charge on any atom is -0.508 e. The van der Waals surface area contributed by atoms with Crippen LogP contribution in [0.2, 0.25) is 10.0 Å². The van der Waals surface area contributed by atoms with E-state index in [0.29, 0.717) is 5.56 Å². The van der Waals surface area contributed by atoms with Crippen molar-refractivity contribution < 1.29 is 24.2 Å². The molecule has 0 aliphatic carbocycles. The Balaban J connectivity index is 2.65. The van der Waals surface area contributed by atoms with Crippen molar-refractivity contribution in [2.75, 3.05) is 7.11 Å². The molecule has 6 nitrogen and oxygen atoms in total. The third-order valence-corrected chi connectivity index (χ3v) is 4.61. The Bertz CT molecular complexity index is 1080. The van der Waals surface area contributed by atoms with Crippen molar-refractivity contribution in [3.8, 4) is 11.5 Å². The maximum Gasteiger partial charge on any atom is 0.338 e. The zero-order chi connectivity index (χ0) is 17.8. The zero-order valence-electron chi connectivity index (χ0n) is 12.4. The van der Waals surface area contributed by atoms with Crippen LogP contribution in [0.3, 0.4) is 0 Å². The van der Waals surface area contributed by atoms with E-state index in [-0.39, 0.29) is 43.3 Å². The Kier molecular flexibility index (Phi) is 3.81. The highest BCUT2D eigenvalue weighted by Gasteiger charge is 2.24. The van der Waals surface area contributed by atoms with Crippen molar-refractivity contribution in [3.05, 3.63) is 43.5 Å². The molecule has 2 N–H and O–H groups in total. The van der Waals surface area contributed by atoms with Gasteiger partial charge in [0.25, 0.3) is 0 Å². The van der Waals surface area contributed by atoms with Crippen molar-refractivity contribution in [2.45, 2.75) is 6.92 Å². The molecule has 0 aliphatic rings. The number of fused-ring (bicyclic) bond motifs is 2. The van der Waals surface area contributed by atoms with Crippen molar-refractivity contribution >= 4 is 51.1 Å². The number of methoxy groups -OCH3 is 1. The first-order valence-electron chi connectivity index (χ1n) is 6.66. The summed E-state index contributed by atoms with van der Waals surface area (Å²) < 4.78 is 10.2. The number of carbonyl (C=O) groups excluding carboxylic acids is 1. The van der Waals surface area contributed by atoms with Gasteiger partial charge >= 0.3 is 5.97 Å². The molecule has 0 atom stereocenters. The van der Waals surface area contributed by atoms with Crippen LogP contribution in [0.1, 0.15) is 15.9 Å². The Morgan fingerprint density at radius 1 is 1.17 bits per heavy atom. The molecule has 0 saturated carbocycles. The van der Waals surface area contributed by atoms with E-state index in [9.17, 15) is 19.8 Å². The molecule has 0 amide bonds. The summed E-state index contributed by atoms with van der Waals surface area (Å²) in [5.41, 5.74) is -0.742.